The molecule has 0 radical (unpaired) electrons. The van der Waals surface area contributed by atoms with E-state index in [9.17, 15) is 0 Å². The highest BCUT2D eigenvalue weighted by atomic mass is 79.9. The number of halogens is 1. The minimum absolute atomic E-state index is 0.0397. The van der Waals surface area contributed by atoms with Gasteiger partial charge < -0.3 is 0 Å². The van der Waals surface area contributed by atoms with E-state index < -0.39 is 11.0 Å². The molecule has 0 saturated heterocycles. The van der Waals surface area contributed by atoms with Crippen LogP contribution in [0.2, 0.25) is 0 Å². The second kappa shape index (κ2) is 10.3. The molecule has 0 spiro atoms. The first-order valence-corrected chi connectivity index (χ1v) is 13.9. The van der Waals surface area contributed by atoms with E-state index in [1.165, 1.54) is 5.56 Å². The quantitative estimate of drug-likeness (QED) is 0.159. The van der Waals surface area contributed by atoms with Gasteiger partial charge in [0.05, 0.1) is 5.41 Å². The molecule has 0 bridgehead atoms. The van der Waals surface area contributed by atoms with Crippen LogP contribution in [0.4, 0.5) is 0 Å². The fraction of sp³-hybridized carbons (Fsp3) is 0.121. The first-order valence-electron chi connectivity index (χ1n) is 12.7. The number of alkyl halides is 1. The summed E-state index contributed by atoms with van der Waals surface area (Å²) < 4.78 is 2.05. The lowest BCUT2D eigenvalue weighted by Crippen LogP contribution is -2.45. The summed E-state index contributed by atoms with van der Waals surface area (Å²) in [6.45, 7) is 0. The molecule has 0 fully saturated rings. The van der Waals surface area contributed by atoms with Crippen LogP contribution in [0.5, 0.6) is 0 Å². The second-order valence-electron chi connectivity index (χ2n) is 9.53. The number of benzene rings is 4. The molecule has 0 aliphatic heterocycles. The Morgan fingerprint density at radius 2 is 1.18 bits per heavy atom. The Kier molecular flexibility index (Phi) is 6.61. The molecule has 4 nitrogen and oxygen atoms in total. The van der Waals surface area contributed by atoms with E-state index in [1.54, 1.807) is 0 Å². The van der Waals surface area contributed by atoms with Gasteiger partial charge in [0.15, 0.2) is 5.82 Å². The predicted octanol–water partition coefficient (Wildman–Crippen LogP) is 7.06. The molecule has 186 valence electrons. The number of hydrogen-bond donors (Lipinski definition) is 0. The summed E-state index contributed by atoms with van der Waals surface area (Å²) in [4.78, 5) is 0. The van der Waals surface area contributed by atoms with Crippen molar-refractivity contribution in [3.05, 3.63) is 174 Å². The fourth-order valence-corrected chi connectivity index (χ4v) is 6.54. The van der Waals surface area contributed by atoms with Crippen molar-refractivity contribution in [3.8, 4) is 0 Å². The minimum atomic E-state index is -0.798. The van der Waals surface area contributed by atoms with Crippen LogP contribution in [0.15, 0.2) is 146 Å². The van der Waals surface area contributed by atoms with Crippen molar-refractivity contribution >= 4 is 15.9 Å². The summed E-state index contributed by atoms with van der Waals surface area (Å²) in [6, 6.07) is 42.2. The van der Waals surface area contributed by atoms with Crippen molar-refractivity contribution in [2.45, 2.75) is 16.9 Å². The normalized spacial score (nSPS) is 18.9. The Morgan fingerprint density at radius 3 is 1.68 bits per heavy atom. The van der Waals surface area contributed by atoms with Gasteiger partial charge in [-0.05, 0) is 32.7 Å². The third-order valence-electron chi connectivity index (χ3n) is 7.52. The van der Waals surface area contributed by atoms with E-state index >= 15 is 0 Å². The number of rotatable bonds is 7. The third kappa shape index (κ3) is 3.86. The highest BCUT2D eigenvalue weighted by Gasteiger charge is 2.49. The number of aromatic nitrogens is 4. The zero-order valence-electron chi connectivity index (χ0n) is 20.8. The number of nitrogens with zero attached hydrogens (tertiary/aromatic N) is 4. The van der Waals surface area contributed by atoms with Crippen molar-refractivity contribution in [2.24, 2.45) is 0 Å². The maximum absolute atomic E-state index is 4.79. The van der Waals surface area contributed by atoms with E-state index in [4.69, 9.17) is 10.3 Å². The molecule has 1 heterocycles. The van der Waals surface area contributed by atoms with Gasteiger partial charge in [0.2, 0.25) is 0 Å². The molecule has 1 aromatic heterocycles. The smallest absolute Gasteiger partial charge is 0.164 e. The second-order valence-corrected chi connectivity index (χ2v) is 10.1. The highest BCUT2D eigenvalue weighted by molar-refractivity contribution is 9.09. The van der Waals surface area contributed by atoms with Gasteiger partial charge in [-0.15, -0.1) is 5.10 Å². The molecule has 2 atom stereocenters. The van der Waals surface area contributed by atoms with Gasteiger partial charge in [0.1, 0.15) is 5.54 Å². The monoisotopic (exact) mass is 558 g/mol. The maximum atomic E-state index is 4.79. The first kappa shape index (κ1) is 24.3. The van der Waals surface area contributed by atoms with Gasteiger partial charge in [-0.1, -0.05) is 162 Å². The lowest BCUT2D eigenvalue weighted by molar-refractivity contribution is 0.384. The van der Waals surface area contributed by atoms with Crippen molar-refractivity contribution < 1.29 is 0 Å². The van der Waals surface area contributed by atoms with Crippen LogP contribution in [0, 0.1) is 0 Å². The summed E-state index contributed by atoms with van der Waals surface area (Å²) in [5.74, 6) is 0.832. The van der Waals surface area contributed by atoms with Crippen molar-refractivity contribution in [2.75, 3.05) is 5.33 Å². The Hall–Kier alpha value is -4.09. The van der Waals surface area contributed by atoms with Gasteiger partial charge in [0, 0.05) is 11.2 Å². The molecule has 0 saturated carbocycles. The van der Waals surface area contributed by atoms with Crippen molar-refractivity contribution in [1.29, 1.82) is 0 Å². The molecular formula is C33H27BrN4. The van der Waals surface area contributed by atoms with Crippen LogP contribution in [0.25, 0.3) is 0 Å². The van der Waals surface area contributed by atoms with Gasteiger partial charge in [-0.3, -0.25) is 0 Å². The van der Waals surface area contributed by atoms with Crippen LogP contribution in [0.1, 0.15) is 34.0 Å². The molecule has 2 unspecified atom stereocenters. The Labute approximate surface area is 231 Å². The van der Waals surface area contributed by atoms with Crippen LogP contribution < -0.4 is 0 Å². The number of allylic oxidation sites excluding steroid dienone is 4. The van der Waals surface area contributed by atoms with Crippen LogP contribution in [-0.2, 0) is 11.0 Å². The molecule has 6 rings (SSSR count). The number of tetrazole rings is 1. The van der Waals surface area contributed by atoms with Crippen molar-refractivity contribution in [3.63, 3.8) is 0 Å². The van der Waals surface area contributed by atoms with Crippen LogP contribution in [-0.4, -0.2) is 25.5 Å². The summed E-state index contributed by atoms with van der Waals surface area (Å²) in [5, 5.41) is 14.6. The molecule has 38 heavy (non-hydrogen) atoms. The lowest BCUT2D eigenvalue weighted by atomic mass is 9.69. The number of hydrogen-bond acceptors (Lipinski definition) is 3. The molecule has 4 aromatic carbocycles. The predicted molar refractivity (Wildman–Crippen MR) is 155 cm³/mol. The summed E-state index contributed by atoms with van der Waals surface area (Å²) in [6.07, 6.45) is 8.72. The van der Waals surface area contributed by atoms with E-state index in [-0.39, 0.29) is 5.92 Å². The zero-order chi connectivity index (χ0) is 25.8. The van der Waals surface area contributed by atoms with Gasteiger partial charge in [-0.25, -0.2) is 4.68 Å². The standard InChI is InChI=1S/C33H27BrN4/c34-25-32(24-14-13-23-30(32)26-15-5-1-6-16-26)31-35-36-37-38(31)33(27-17-7-2-8-18-27,28-19-9-3-10-20-28)29-21-11-4-12-22-29/h1-24,30H,25H2. The highest BCUT2D eigenvalue weighted by Crippen LogP contribution is 2.48. The summed E-state index contributed by atoms with van der Waals surface area (Å²) in [7, 11) is 0. The average Bonchev–Trinajstić information content (AvgIpc) is 3.50. The van der Waals surface area contributed by atoms with Crippen molar-refractivity contribution in [1.82, 2.24) is 20.2 Å². The van der Waals surface area contributed by atoms with E-state index in [1.807, 2.05) is 22.9 Å². The third-order valence-corrected chi connectivity index (χ3v) is 8.45. The minimum Gasteiger partial charge on any atom is -0.209 e. The SMILES string of the molecule is BrCC1(c2nnnn2C(c2ccccc2)(c2ccccc2)c2ccccc2)C=CC=CC1c1ccccc1. The van der Waals surface area contributed by atoms with Crippen LogP contribution >= 0.6 is 15.9 Å². The maximum Gasteiger partial charge on any atom is 0.164 e. The van der Waals surface area contributed by atoms with E-state index in [0.717, 1.165) is 22.5 Å². The Bertz CT molecular complexity index is 1450. The molecule has 5 heteroatoms. The summed E-state index contributed by atoms with van der Waals surface area (Å²) >= 11 is 3.90. The summed E-state index contributed by atoms with van der Waals surface area (Å²) in [5.41, 5.74) is 3.15. The van der Waals surface area contributed by atoms with E-state index in [0.29, 0.717) is 5.33 Å². The molecule has 1 aliphatic rings. The molecule has 0 N–H and O–H groups in total. The first-order chi connectivity index (χ1) is 18.8. The average molecular weight is 560 g/mol. The van der Waals surface area contributed by atoms with E-state index in [2.05, 4.69) is 149 Å². The molecule has 1 aliphatic carbocycles. The van der Waals surface area contributed by atoms with Crippen LogP contribution in [0.3, 0.4) is 0 Å². The topological polar surface area (TPSA) is 43.6 Å². The molecule has 5 aromatic rings. The van der Waals surface area contributed by atoms with Gasteiger partial charge in [0.25, 0.3) is 0 Å². The molecule has 0 amide bonds. The largest absolute Gasteiger partial charge is 0.209 e. The zero-order valence-corrected chi connectivity index (χ0v) is 22.4. The van der Waals surface area contributed by atoms with Gasteiger partial charge in [-0.2, -0.15) is 0 Å². The van der Waals surface area contributed by atoms with Gasteiger partial charge >= 0.3 is 0 Å². The fourth-order valence-electron chi connectivity index (χ4n) is 5.76. The Morgan fingerprint density at radius 1 is 0.684 bits per heavy atom. The Balaban J connectivity index is 1.69. The molecular weight excluding hydrogens is 532 g/mol. The lowest BCUT2D eigenvalue weighted by Gasteiger charge is -2.41.